The predicted octanol–water partition coefficient (Wildman–Crippen LogP) is 2.54. The second kappa shape index (κ2) is 7.85. The number of benzene rings is 1. The van der Waals surface area contributed by atoms with Gasteiger partial charge in [0.25, 0.3) is 5.91 Å². The standard InChI is InChI=1S/C20H24Cl2N6O2/c1-11(2)8-28-19-23-17-16(26(19)9-12(3)24-28)18(29)27(20(30)25(17)4)10-13-14(21)6-5-7-15(13)22/h5-7,16-17,19,23H,1,8-10H2,2-4H3. The fourth-order valence-corrected chi connectivity index (χ4v) is 4.75. The summed E-state index contributed by atoms with van der Waals surface area (Å²) in [6, 6.07) is 4.18. The summed E-state index contributed by atoms with van der Waals surface area (Å²) in [6.45, 7) is 8.93. The van der Waals surface area contributed by atoms with Crippen molar-refractivity contribution in [3.8, 4) is 0 Å². The maximum Gasteiger partial charge on any atom is 0.328 e. The molecule has 4 rings (SSSR count). The number of likely N-dealkylation sites (N-methyl/N-ethyl adjacent to an activating group) is 1. The Kier molecular flexibility index (Phi) is 5.52. The normalized spacial score (nSPS) is 26.6. The van der Waals surface area contributed by atoms with Crippen molar-refractivity contribution in [3.63, 3.8) is 0 Å². The fraction of sp³-hybridized carbons (Fsp3) is 0.450. The first-order chi connectivity index (χ1) is 14.2. The van der Waals surface area contributed by atoms with Gasteiger partial charge in [0, 0.05) is 34.9 Å². The lowest BCUT2D eigenvalue weighted by Gasteiger charge is -2.42. The van der Waals surface area contributed by atoms with Crippen molar-refractivity contribution < 1.29 is 9.59 Å². The van der Waals surface area contributed by atoms with E-state index in [2.05, 4.69) is 17.0 Å². The van der Waals surface area contributed by atoms with Crippen molar-refractivity contribution in [3.05, 3.63) is 46.0 Å². The summed E-state index contributed by atoms with van der Waals surface area (Å²) in [5, 5.41) is 10.7. The number of hydrogen-bond acceptors (Lipinski definition) is 6. The molecule has 30 heavy (non-hydrogen) atoms. The smallest absolute Gasteiger partial charge is 0.310 e. The molecule has 2 saturated heterocycles. The SMILES string of the molecule is C=C(C)CN1N=C(C)CN2C3C(=O)N(Cc4c(Cl)cccc4Cl)C(=O)N(C)C3NC12. The van der Waals surface area contributed by atoms with Gasteiger partial charge in [0.05, 0.1) is 13.1 Å². The number of hydrogen-bond donors (Lipinski definition) is 1. The fourth-order valence-electron chi connectivity index (χ4n) is 4.23. The number of halogens is 2. The molecule has 1 aromatic carbocycles. The lowest BCUT2D eigenvalue weighted by Crippen LogP contribution is -2.66. The van der Waals surface area contributed by atoms with E-state index < -0.39 is 18.2 Å². The number of carbonyl (C=O) groups excluding carboxylic acids is 2. The highest BCUT2D eigenvalue weighted by Crippen LogP contribution is 2.33. The van der Waals surface area contributed by atoms with Crippen molar-refractivity contribution in [2.75, 3.05) is 20.1 Å². The summed E-state index contributed by atoms with van der Waals surface area (Å²) >= 11 is 12.6. The van der Waals surface area contributed by atoms with Crippen LogP contribution < -0.4 is 5.32 Å². The number of nitrogens with one attached hydrogen (secondary N) is 1. The molecule has 3 amide bonds. The Labute approximate surface area is 185 Å². The summed E-state index contributed by atoms with van der Waals surface area (Å²) in [7, 11) is 1.69. The summed E-state index contributed by atoms with van der Waals surface area (Å²) < 4.78 is 0. The molecule has 0 bridgehead atoms. The molecule has 0 radical (unpaired) electrons. The van der Waals surface area contributed by atoms with Gasteiger partial charge < -0.3 is 4.90 Å². The van der Waals surface area contributed by atoms with Gasteiger partial charge in [-0.05, 0) is 26.0 Å². The lowest BCUT2D eigenvalue weighted by atomic mass is 10.1. The number of carbonyl (C=O) groups is 2. The van der Waals surface area contributed by atoms with Crippen LogP contribution in [0.1, 0.15) is 19.4 Å². The molecule has 10 heteroatoms. The maximum atomic E-state index is 13.5. The summed E-state index contributed by atoms with van der Waals surface area (Å²) in [4.78, 5) is 31.4. The van der Waals surface area contributed by atoms with E-state index in [1.807, 2.05) is 23.8 Å². The van der Waals surface area contributed by atoms with E-state index in [9.17, 15) is 9.59 Å². The minimum Gasteiger partial charge on any atom is -0.310 e. The van der Waals surface area contributed by atoms with E-state index in [0.29, 0.717) is 28.7 Å². The third-order valence-corrected chi connectivity index (χ3v) is 6.27. The van der Waals surface area contributed by atoms with Crippen LogP contribution in [0.15, 0.2) is 35.5 Å². The number of amides is 3. The average molecular weight is 451 g/mol. The molecule has 1 aromatic rings. The van der Waals surface area contributed by atoms with Gasteiger partial charge in [-0.15, -0.1) is 0 Å². The Morgan fingerprint density at radius 2 is 1.97 bits per heavy atom. The molecule has 0 aromatic heterocycles. The van der Waals surface area contributed by atoms with Crippen LogP contribution in [-0.2, 0) is 11.3 Å². The van der Waals surface area contributed by atoms with Crippen LogP contribution in [0, 0.1) is 0 Å². The zero-order valence-electron chi connectivity index (χ0n) is 17.1. The molecule has 1 N–H and O–H groups in total. The first-order valence-corrected chi connectivity index (χ1v) is 10.4. The highest BCUT2D eigenvalue weighted by Gasteiger charge is 2.56. The number of nitrogens with zero attached hydrogens (tertiary/aromatic N) is 5. The highest BCUT2D eigenvalue weighted by atomic mass is 35.5. The van der Waals surface area contributed by atoms with E-state index in [1.165, 1.54) is 4.90 Å². The summed E-state index contributed by atoms with van der Waals surface area (Å²) in [5.41, 5.74) is 2.40. The van der Waals surface area contributed by atoms with Crippen LogP contribution in [0.25, 0.3) is 0 Å². The number of imide groups is 1. The molecule has 0 saturated carbocycles. The molecule has 0 aliphatic carbocycles. The zero-order chi connectivity index (χ0) is 21.7. The van der Waals surface area contributed by atoms with E-state index >= 15 is 0 Å². The maximum absolute atomic E-state index is 13.5. The van der Waals surface area contributed by atoms with Crippen LogP contribution in [0.2, 0.25) is 10.0 Å². The first-order valence-electron chi connectivity index (χ1n) is 9.67. The topological polar surface area (TPSA) is 71.5 Å². The molecule has 3 atom stereocenters. The average Bonchev–Trinajstić information content (AvgIpc) is 3.05. The largest absolute Gasteiger partial charge is 0.328 e. The van der Waals surface area contributed by atoms with Gasteiger partial charge in [0.15, 0.2) is 6.29 Å². The Morgan fingerprint density at radius 1 is 1.30 bits per heavy atom. The summed E-state index contributed by atoms with van der Waals surface area (Å²) in [5.74, 6) is -0.279. The van der Waals surface area contributed by atoms with E-state index in [-0.39, 0.29) is 18.7 Å². The summed E-state index contributed by atoms with van der Waals surface area (Å²) in [6.07, 6.45) is -0.759. The molecular weight excluding hydrogens is 427 g/mol. The minimum absolute atomic E-state index is 0.0186. The molecular formula is C20H24Cl2N6O2. The first kappa shape index (κ1) is 21.1. The quantitative estimate of drug-likeness (QED) is 0.713. The zero-order valence-corrected chi connectivity index (χ0v) is 18.6. The monoisotopic (exact) mass is 450 g/mol. The molecule has 0 spiro atoms. The van der Waals surface area contributed by atoms with Crippen LogP contribution in [0.3, 0.4) is 0 Å². The van der Waals surface area contributed by atoms with Gasteiger partial charge in [-0.1, -0.05) is 41.4 Å². The van der Waals surface area contributed by atoms with Crippen molar-refractivity contribution in [2.45, 2.75) is 38.9 Å². The third-order valence-electron chi connectivity index (χ3n) is 5.56. The highest BCUT2D eigenvalue weighted by molar-refractivity contribution is 6.36. The number of hydrazone groups is 1. The second-order valence-electron chi connectivity index (χ2n) is 8.01. The molecule has 3 heterocycles. The van der Waals surface area contributed by atoms with Crippen molar-refractivity contribution >= 4 is 40.9 Å². The van der Waals surface area contributed by atoms with Gasteiger partial charge in [0.1, 0.15) is 12.2 Å². The molecule has 3 aliphatic heterocycles. The van der Waals surface area contributed by atoms with Crippen molar-refractivity contribution in [2.24, 2.45) is 5.10 Å². The molecule has 3 unspecified atom stereocenters. The van der Waals surface area contributed by atoms with Crippen LogP contribution in [0.5, 0.6) is 0 Å². The van der Waals surface area contributed by atoms with Crippen molar-refractivity contribution in [1.82, 2.24) is 25.0 Å². The number of urea groups is 1. The minimum atomic E-state index is -0.544. The Morgan fingerprint density at radius 3 is 2.60 bits per heavy atom. The molecule has 8 nitrogen and oxygen atoms in total. The number of rotatable bonds is 4. The van der Waals surface area contributed by atoms with Gasteiger partial charge in [-0.25, -0.2) is 9.69 Å². The molecule has 2 fully saturated rings. The van der Waals surface area contributed by atoms with Crippen molar-refractivity contribution in [1.29, 1.82) is 0 Å². The van der Waals surface area contributed by atoms with Crippen LogP contribution >= 0.6 is 23.2 Å². The second-order valence-corrected chi connectivity index (χ2v) is 8.82. The van der Waals surface area contributed by atoms with E-state index in [4.69, 9.17) is 23.2 Å². The molecule has 160 valence electrons. The Balaban J connectivity index is 1.66. The van der Waals surface area contributed by atoms with Crippen LogP contribution in [0.4, 0.5) is 4.79 Å². The van der Waals surface area contributed by atoms with Gasteiger partial charge in [-0.2, -0.15) is 5.10 Å². The van der Waals surface area contributed by atoms with E-state index in [1.54, 1.807) is 30.1 Å². The number of fused-ring (bicyclic) bond motifs is 3. The lowest BCUT2D eigenvalue weighted by molar-refractivity contribution is -0.139. The third kappa shape index (κ3) is 3.47. The van der Waals surface area contributed by atoms with Gasteiger partial charge in [0.2, 0.25) is 0 Å². The Hall–Kier alpha value is -2.13. The van der Waals surface area contributed by atoms with Crippen LogP contribution in [-0.4, -0.2) is 76.0 Å². The Bertz CT molecular complexity index is 931. The van der Waals surface area contributed by atoms with E-state index in [0.717, 1.165) is 11.3 Å². The molecule has 3 aliphatic rings. The predicted molar refractivity (Wildman–Crippen MR) is 116 cm³/mol. The van der Waals surface area contributed by atoms with Gasteiger partial charge in [-0.3, -0.25) is 20.0 Å². The van der Waals surface area contributed by atoms with Gasteiger partial charge >= 0.3 is 6.03 Å².